The van der Waals surface area contributed by atoms with Crippen molar-refractivity contribution in [3.05, 3.63) is 40.9 Å². The first kappa shape index (κ1) is 15.9. The Labute approximate surface area is 142 Å². The quantitative estimate of drug-likeness (QED) is 0.669. The lowest BCUT2D eigenvalue weighted by Gasteiger charge is -2.09. The van der Waals surface area contributed by atoms with Crippen LogP contribution in [0.4, 0.5) is 11.5 Å². The highest BCUT2D eigenvalue weighted by Gasteiger charge is 2.15. The zero-order valence-corrected chi connectivity index (χ0v) is 14.6. The lowest BCUT2D eigenvalue weighted by atomic mass is 10.2. The van der Waals surface area contributed by atoms with Crippen LogP contribution in [-0.2, 0) is 13.5 Å². The van der Waals surface area contributed by atoms with Crippen molar-refractivity contribution >= 4 is 38.6 Å². The van der Waals surface area contributed by atoms with Crippen LogP contribution >= 0.6 is 15.9 Å². The summed E-state index contributed by atoms with van der Waals surface area (Å²) in [6, 6.07) is 9.84. The highest BCUT2D eigenvalue weighted by atomic mass is 79.9. The summed E-state index contributed by atoms with van der Waals surface area (Å²) in [6.07, 6.45) is 0.855. The van der Waals surface area contributed by atoms with Crippen LogP contribution in [0.3, 0.4) is 0 Å². The van der Waals surface area contributed by atoms with E-state index in [0.29, 0.717) is 34.7 Å². The Morgan fingerprint density at radius 3 is 2.65 bits per heavy atom. The third-order valence-corrected chi connectivity index (χ3v) is 4.24. The van der Waals surface area contributed by atoms with Gasteiger partial charge in [0.2, 0.25) is 0 Å². The fraction of sp³-hybridized carbons (Fsp3) is 0.312. The third kappa shape index (κ3) is 3.51. The molecule has 7 heteroatoms. The number of rotatable bonds is 5. The van der Waals surface area contributed by atoms with Gasteiger partial charge in [-0.05, 0) is 41.4 Å². The van der Waals surface area contributed by atoms with Gasteiger partial charge in [0.05, 0.1) is 6.10 Å². The normalized spacial score (nSPS) is 12.5. The summed E-state index contributed by atoms with van der Waals surface area (Å²) in [4.78, 5) is 13.7. The average Bonchev–Trinajstić information content (AvgIpc) is 2.82. The van der Waals surface area contributed by atoms with Gasteiger partial charge in [-0.3, -0.25) is 0 Å². The van der Waals surface area contributed by atoms with Crippen LogP contribution in [0, 0.1) is 0 Å². The number of hydrogen-bond donors (Lipinski definition) is 2. The fourth-order valence-corrected chi connectivity index (χ4v) is 2.62. The van der Waals surface area contributed by atoms with Crippen molar-refractivity contribution in [3.8, 4) is 0 Å². The standard InChI is InChI=1S/C16H18BrN5O/c1-10(23)8-9-12-19-14(18-11-6-4-3-5-7-11)13-15(20-12)22(2)16(17)21-13/h3-7,10,23H,8-9H2,1-2H3,(H,18,19,20). The number of hydrogen-bond acceptors (Lipinski definition) is 5. The zero-order valence-electron chi connectivity index (χ0n) is 13.0. The van der Waals surface area contributed by atoms with Gasteiger partial charge in [-0.2, -0.15) is 0 Å². The summed E-state index contributed by atoms with van der Waals surface area (Å²) in [7, 11) is 1.90. The Bertz CT molecular complexity index is 816. The van der Waals surface area contributed by atoms with Crippen molar-refractivity contribution in [1.29, 1.82) is 0 Å². The molecule has 0 saturated carbocycles. The number of imidazole rings is 1. The predicted octanol–water partition coefficient (Wildman–Crippen LogP) is 3.18. The van der Waals surface area contributed by atoms with Crippen LogP contribution in [0.1, 0.15) is 19.2 Å². The Morgan fingerprint density at radius 1 is 1.22 bits per heavy atom. The number of anilines is 2. The molecule has 0 saturated heterocycles. The lowest BCUT2D eigenvalue weighted by Crippen LogP contribution is -2.07. The molecule has 3 rings (SSSR count). The number of fused-ring (bicyclic) bond motifs is 1. The molecule has 1 atom stereocenters. The molecule has 1 aromatic carbocycles. The number of benzene rings is 1. The van der Waals surface area contributed by atoms with Crippen LogP contribution in [0.2, 0.25) is 0 Å². The van der Waals surface area contributed by atoms with Crippen LogP contribution < -0.4 is 5.32 Å². The first-order valence-corrected chi connectivity index (χ1v) is 8.23. The van der Waals surface area contributed by atoms with Crippen LogP contribution in [-0.4, -0.2) is 30.7 Å². The second kappa shape index (κ2) is 6.64. The van der Waals surface area contributed by atoms with Crippen LogP contribution in [0.5, 0.6) is 0 Å². The van der Waals surface area contributed by atoms with E-state index in [0.717, 1.165) is 11.3 Å². The molecular weight excluding hydrogens is 358 g/mol. The largest absolute Gasteiger partial charge is 0.393 e. The summed E-state index contributed by atoms with van der Waals surface area (Å²) in [5.74, 6) is 1.36. The number of aliphatic hydroxyl groups is 1. The Kier molecular flexibility index (Phi) is 4.58. The minimum absolute atomic E-state index is 0.377. The highest BCUT2D eigenvalue weighted by Crippen LogP contribution is 2.26. The van der Waals surface area contributed by atoms with Crippen molar-refractivity contribution in [2.45, 2.75) is 25.9 Å². The highest BCUT2D eigenvalue weighted by molar-refractivity contribution is 9.10. The summed E-state index contributed by atoms with van der Waals surface area (Å²) < 4.78 is 2.57. The number of nitrogens with one attached hydrogen (secondary N) is 1. The fourth-order valence-electron chi connectivity index (χ4n) is 2.27. The Morgan fingerprint density at radius 2 is 1.96 bits per heavy atom. The van der Waals surface area contributed by atoms with Crippen molar-refractivity contribution < 1.29 is 5.11 Å². The number of aryl methyl sites for hydroxylation is 2. The maximum Gasteiger partial charge on any atom is 0.179 e. The summed E-state index contributed by atoms with van der Waals surface area (Å²) in [5.41, 5.74) is 2.41. The molecule has 0 aliphatic carbocycles. The molecule has 120 valence electrons. The van der Waals surface area contributed by atoms with Crippen molar-refractivity contribution in [2.24, 2.45) is 7.05 Å². The van der Waals surface area contributed by atoms with Gasteiger partial charge < -0.3 is 15.0 Å². The minimum atomic E-state index is -0.377. The second-order valence-electron chi connectivity index (χ2n) is 5.48. The molecule has 0 bridgehead atoms. The van der Waals surface area contributed by atoms with Gasteiger partial charge in [0, 0.05) is 19.2 Å². The maximum absolute atomic E-state index is 9.49. The SMILES string of the molecule is CC(O)CCc1nc(Nc2ccccc2)c2nc(Br)n(C)c2n1. The Balaban J connectivity index is 2.04. The monoisotopic (exact) mass is 375 g/mol. The van der Waals surface area contributed by atoms with Gasteiger partial charge >= 0.3 is 0 Å². The zero-order chi connectivity index (χ0) is 16.4. The molecule has 6 nitrogen and oxygen atoms in total. The molecule has 1 unspecified atom stereocenters. The molecule has 0 amide bonds. The van der Waals surface area contributed by atoms with E-state index < -0.39 is 0 Å². The van der Waals surface area contributed by atoms with Crippen molar-refractivity contribution in [3.63, 3.8) is 0 Å². The van der Waals surface area contributed by atoms with E-state index in [2.05, 4.69) is 36.2 Å². The van der Waals surface area contributed by atoms with Crippen molar-refractivity contribution in [1.82, 2.24) is 19.5 Å². The predicted molar refractivity (Wildman–Crippen MR) is 93.7 cm³/mol. The summed E-state index contributed by atoms with van der Waals surface area (Å²) in [5, 5.41) is 12.8. The van der Waals surface area contributed by atoms with E-state index >= 15 is 0 Å². The van der Waals surface area contributed by atoms with Crippen LogP contribution in [0.15, 0.2) is 35.1 Å². The van der Waals surface area contributed by atoms with Gasteiger partial charge in [0.1, 0.15) is 5.82 Å². The molecule has 3 aromatic rings. The summed E-state index contributed by atoms with van der Waals surface area (Å²) >= 11 is 3.43. The van der Waals surface area contributed by atoms with Gasteiger partial charge in [-0.15, -0.1) is 0 Å². The van der Waals surface area contributed by atoms with E-state index in [1.165, 1.54) is 0 Å². The number of aromatic nitrogens is 4. The average molecular weight is 376 g/mol. The first-order chi connectivity index (χ1) is 11.0. The van der Waals surface area contributed by atoms with Gasteiger partial charge in [0.25, 0.3) is 0 Å². The van der Waals surface area contributed by atoms with E-state index in [9.17, 15) is 5.11 Å². The van der Waals surface area contributed by atoms with E-state index in [-0.39, 0.29) is 6.10 Å². The smallest absolute Gasteiger partial charge is 0.179 e. The minimum Gasteiger partial charge on any atom is -0.393 e. The number of aliphatic hydroxyl groups excluding tert-OH is 1. The molecular formula is C16H18BrN5O. The Hall–Kier alpha value is -1.99. The van der Waals surface area contributed by atoms with E-state index in [1.54, 1.807) is 6.92 Å². The number of nitrogens with zero attached hydrogens (tertiary/aromatic N) is 4. The first-order valence-electron chi connectivity index (χ1n) is 7.43. The maximum atomic E-state index is 9.49. The molecule has 0 aliphatic heterocycles. The molecule has 0 fully saturated rings. The molecule has 2 N–H and O–H groups in total. The van der Waals surface area contributed by atoms with Crippen molar-refractivity contribution in [2.75, 3.05) is 5.32 Å². The molecule has 0 radical (unpaired) electrons. The van der Waals surface area contributed by atoms with Gasteiger partial charge in [0.15, 0.2) is 21.7 Å². The molecule has 2 heterocycles. The number of halogens is 1. The molecule has 0 aliphatic rings. The second-order valence-corrected chi connectivity index (χ2v) is 6.19. The van der Waals surface area contributed by atoms with E-state index in [1.807, 2.05) is 41.9 Å². The van der Waals surface area contributed by atoms with Gasteiger partial charge in [-0.25, -0.2) is 15.0 Å². The summed E-state index contributed by atoms with van der Waals surface area (Å²) in [6.45, 7) is 1.77. The number of para-hydroxylation sites is 1. The van der Waals surface area contributed by atoms with Gasteiger partial charge in [-0.1, -0.05) is 18.2 Å². The van der Waals surface area contributed by atoms with E-state index in [4.69, 9.17) is 0 Å². The third-order valence-electron chi connectivity index (χ3n) is 3.53. The van der Waals surface area contributed by atoms with Crippen LogP contribution in [0.25, 0.3) is 11.2 Å². The molecule has 23 heavy (non-hydrogen) atoms. The topological polar surface area (TPSA) is 75.9 Å². The molecule has 2 aromatic heterocycles. The molecule has 0 spiro atoms. The lowest BCUT2D eigenvalue weighted by molar-refractivity contribution is 0.184.